The lowest BCUT2D eigenvalue weighted by Gasteiger charge is -2.03. The van der Waals surface area contributed by atoms with Gasteiger partial charge in [-0.2, -0.15) is 5.10 Å². The highest BCUT2D eigenvalue weighted by Crippen LogP contribution is 2.20. The van der Waals surface area contributed by atoms with E-state index in [4.69, 9.17) is 4.74 Å². The van der Waals surface area contributed by atoms with Crippen molar-refractivity contribution in [3.05, 3.63) is 60.3 Å². The molecule has 3 aromatic rings. The third-order valence-electron chi connectivity index (χ3n) is 3.23. The lowest BCUT2D eigenvalue weighted by molar-refractivity contribution is 0.414. The predicted molar refractivity (Wildman–Crippen MR) is 86.2 cm³/mol. The molecule has 0 aliphatic heterocycles. The van der Waals surface area contributed by atoms with Gasteiger partial charge in [-0.1, -0.05) is 18.2 Å². The fourth-order valence-electron chi connectivity index (χ4n) is 2.14. The number of nitrogens with zero attached hydrogens (tertiary/aromatic N) is 4. The van der Waals surface area contributed by atoms with Crippen molar-refractivity contribution in [3.8, 4) is 17.0 Å². The van der Waals surface area contributed by atoms with Gasteiger partial charge in [-0.3, -0.25) is 4.68 Å². The van der Waals surface area contributed by atoms with Crippen LogP contribution < -0.4 is 4.74 Å². The first kappa shape index (κ1) is 14.0. The fraction of sp³-hybridized carbons (Fsp3) is 0.118. The second-order valence-corrected chi connectivity index (χ2v) is 4.78. The van der Waals surface area contributed by atoms with Crippen LogP contribution in [0.2, 0.25) is 0 Å². The molecule has 0 fully saturated rings. The SMILES string of the molecule is COc1ccccc1/C=C/c1nccc(-c2cnn(C)c2)n1. The van der Waals surface area contributed by atoms with Gasteiger partial charge in [0.25, 0.3) is 0 Å². The zero-order valence-corrected chi connectivity index (χ0v) is 12.5. The van der Waals surface area contributed by atoms with Gasteiger partial charge in [-0.15, -0.1) is 0 Å². The first-order valence-electron chi connectivity index (χ1n) is 6.89. The zero-order valence-electron chi connectivity index (χ0n) is 12.5. The molecule has 2 heterocycles. The van der Waals surface area contributed by atoms with Gasteiger partial charge in [0.1, 0.15) is 5.75 Å². The predicted octanol–water partition coefficient (Wildman–Crippen LogP) is 3.06. The number of methoxy groups -OCH3 is 1. The minimum absolute atomic E-state index is 0.646. The van der Waals surface area contributed by atoms with E-state index in [1.807, 2.05) is 55.7 Å². The molecule has 5 heteroatoms. The number of ether oxygens (including phenoxy) is 1. The van der Waals surface area contributed by atoms with Crippen LogP contribution in [-0.2, 0) is 7.05 Å². The molecule has 3 rings (SSSR count). The van der Waals surface area contributed by atoms with Crippen LogP contribution in [0.25, 0.3) is 23.4 Å². The molecular formula is C17H16N4O. The van der Waals surface area contributed by atoms with E-state index < -0.39 is 0 Å². The highest BCUT2D eigenvalue weighted by Gasteiger charge is 2.03. The molecule has 0 spiro atoms. The highest BCUT2D eigenvalue weighted by molar-refractivity contribution is 5.71. The minimum atomic E-state index is 0.646. The van der Waals surface area contributed by atoms with Crippen molar-refractivity contribution in [2.24, 2.45) is 7.05 Å². The van der Waals surface area contributed by atoms with Gasteiger partial charge in [0, 0.05) is 30.6 Å². The Morgan fingerprint density at radius 3 is 2.77 bits per heavy atom. The Hall–Kier alpha value is -2.95. The van der Waals surface area contributed by atoms with Gasteiger partial charge >= 0.3 is 0 Å². The Kier molecular flexibility index (Phi) is 3.96. The maximum Gasteiger partial charge on any atom is 0.152 e. The summed E-state index contributed by atoms with van der Waals surface area (Å²) >= 11 is 0. The maximum absolute atomic E-state index is 5.33. The first-order valence-corrected chi connectivity index (χ1v) is 6.89. The summed E-state index contributed by atoms with van der Waals surface area (Å²) in [7, 11) is 3.54. The molecule has 22 heavy (non-hydrogen) atoms. The van der Waals surface area contributed by atoms with Gasteiger partial charge in [-0.25, -0.2) is 9.97 Å². The molecule has 0 aliphatic carbocycles. The Bertz CT molecular complexity index is 808. The molecule has 110 valence electrons. The molecular weight excluding hydrogens is 276 g/mol. The quantitative estimate of drug-likeness (QED) is 0.741. The van der Waals surface area contributed by atoms with Gasteiger partial charge in [-0.05, 0) is 24.3 Å². The number of rotatable bonds is 4. The minimum Gasteiger partial charge on any atom is -0.496 e. The smallest absolute Gasteiger partial charge is 0.152 e. The lowest BCUT2D eigenvalue weighted by atomic mass is 10.2. The van der Waals surface area contributed by atoms with Gasteiger partial charge < -0.3 is 4.74 Å². The Morgan fingerprint density at radius 1 is 1.14 bits per heavy atom. The summed E-state index contributed by atoms with van der Waals surface area (Å²) in [6.45, 7) is 0. The first-order chi connectivity index (χ1) is 10.8. The van der Waals surface area contributed by atoms with Gasteiger partial charge in [0.15, 0.2) is 5.82 Å². The number of aromatic nitrogens is 4. The summed E-state index contributed by atoms with van der Waals surface area (Å²) in [5, 5.41) is 4.16. The molecule has 0 saturated carbocycles. The number of benzene rings is 1. The summed E-state index contributed by atoms with van der Waals surface area (Å²) in [6, 6.07) is 9.69. The van der Waals surface area contributed by atoms with Crippen LogP contribution in [0.1, 0.15) is 11.4 Å². The molecule has 0 saturated heterocycles. The normalized spacial score (nSPS) is 11.0. The Morgan fingerprint density at radius 2 is 2.00 bits per heavy atom. The number of para-hydroxylation sites is 1. The van der Waals surface area contributed by atoms with Gasteiger partial charge in [0.2, 0.25) is 0 Å². The van der Waals surface area contributed by atoms with Crippen LogP contribution in [0, 0.1) is 0 Å². The van der Waals surface area contributed by atoms with Gasteiger partial charge in [0.05, 0.1) is 19.0 Å². The average molecular weight is 292 g/mol. The summed E-state index contributed by atoms with van der Waals surface area (Å²) in [5.74, 6) is 1.47. The third-order valence-corrected chi connectivity index (χ3v) is 3.23. The number of aryl methyl sites for hydroxylation is 1. The van der Waals surface area contributed by atoms with Crippen LogP contribution in [-0.4, -0.2) is 26.9 Å². The molecule has 0 radical (unpaired) electrons. The summed E-state index contributed by atoms with van der Waals surface area (Å²) < 4.78 is 7.08. The van der Waals surface area contributed by atoms with E-state index in [2.05, 4.69) is 15.1 Å². The molecule has 0 aliphatic rings. The molecule has 0 N–H and O–H groups in total. The van der Waals surface area contributed by atoms with E-state index in [1.54, 1.807) is 24.2 Å². The molecule has 0 atom stereocenters. The second kappa shape index (κ2) is 6.22. The van der Waals surface area contributed by atoms with E-state index in [9.17, 15) is 0 Å². The van der Waals surface area contributed by atoms with Crippen LogP contribution in [0.15, 0.2) is 48.9 Å². The van der Waals surface area contributed by atoms with E-state index in [1.165, 1.54) is 0 Å². The summed E-state index contributed by atoms with van der Waals surface area (Å²) in [5.41, 5.74) is 2.81. The average Bonchev–Trinajstić information content (AvgIpc) is 3.00. The molecule has 2 aromatic heterocycles. The Labute approximate surface area is 128 Å². The van der Waals surface area contributed by atoms with Crippen molar-refractivity contribution in [3.63, 3.8) is 0 Å². The lowest BCUT2D eigenvalue weighted by Crippen LogP contribution is -1.90. The zero-order chi connectivity index (χ0) is 15.4. The topological polar surface area (TPSA) is 52.8 Å². The van der Waals surface area contributed by atoms with Crippen LogP contribution in [0.4, 0.5) is 0 Å². The molecule has 0 bridgehead atoms. The molecule has 5 nitrogen and oxygen atoms in total. The standard InChI is InChI=1S/C17H16N4O/c1-21-12-14(11-19-21)15-9-10-18-17(20-15)8-7-13-5-3-4-6-16(13)22-2/h3-12H,1-2H3/b8-7+. The van der Waals surface area contributed by atoms with E-state index in [0.717, 1.165) is 22.6 Å². The monoisotopic (exact) mass is 292 g/mol. The highest BCUT2D eigenvalue weighted by atomic mass is 16.5. The fourth-order valence-corrected chi connectivity index (χ4v) is 2.14. The largest absolute Gasteiger partial charge is 0.496 e. The Balaban J connectivity index is 1.88. The van der Waals surface area contributed by atoms with E-state index in [0.29, 0.717) is 5.82 Å². The van der Waals surface area contributed by atoms with Crippen molar-refractivity contribution in [1.29, 1.82) is 0 Å². The van der Waals surface area contributed by atoms with Crippen molar-refractivity contribution in [1.82, 2.24) is 19.7 Å². The maximum atomic E-state index is 5.33. The molecule has 1 aromatic carbocycles. The third kappa shape index (κ3) is 3.03. The van der Waals surface area contributed by atoms with E-state index in [-0.39, 0.29) is 0 Å². The molecule has 0 unspecified atom stereocenters. The summed E-state index contributed by atoms with van der Waals surface area (Å²) in [6.07, 6.45) is 9.28. The van der Waals surface area contributed by atoms with E-state index >= 15 is 0 Å². The van der Waals surface area contributed by atoms with Crippen molar-refractivity contribution in [2.75, 3.05) is 7.11 Å². The summed E-state index contributed by atoms with van der Waals surface area (Å²) in [4.78, 5) is 8.81. The second-order valence-electron chi connectivity index (χ2n) is 4.78. The van der Waals surface area contributed by atoms with Crippen LogP contribution in [0.3, 0.4) is 0 Å². The van der Waals surface area contributed by atoms with Crippen molar-refractivity contribution in [2.45, 2.75) is 0 Å². The molecule has 0 amide bonds. The van der Waals surface area contributed by atoms with Crippen molar-refractivity contribution < 1.29 is 4.74 Å². The van der Waals surface area contributed by atoms with Crippen LogP contribution >= 0.6 is 0 Å². The number of hydrogen-bond donors (Lipinski definition) is 0. The van der Waals surface area contributed by atoms with Crippen molar-refractivity contribution >= 4 is 12.2 Å². The van der Waals surface area contributed by atoms with Crippen LogP contribution in [0.5, 0.6) is 5.75 Å². The number of hydrogen-bond acceptors (Lipinski definition) is 4.